The molecule has 164 valence electrons. The molecule has 0 spiro atoms. The number of aromatic nitrogens is 2. The molecule has 1 saturated heterocycles. The first kappa shape index (κ1) is 20.2. The summed E-state index contributed by atoms with van der Waals surface area (Å²) >= 11 is 7.94. The smallest absolute Gasteiger partial charge is 0.226 e. The number of halogens is 1. The molecule has 2 aliphatic rings. The number of benzene rings is 2. The Morgan fingerprint density at radius 2 is 1.73 bits per heavy atom. The van der Waals surface area contributed by atoms with Gasteiger partial charge in [-0.1, -0.05) is 29.8 Å². The van der Waals surface area contributed by atoms with Crippen LogP contribution >= 0.6 is 22.9 Å². The first-order valence-electron chi connectivity index (χ1n) is 10.8. The Morgan fingerprint density at radius 1 is 0.879 bits per heavy atom. The van der Waals surface area contributed by atoms with Gasteiger partial charge in [0.2, 0.25) is 5.95 Å². The number of amidine groups is 1. The van der Waals surface area contributed by atoms with Gasteiger partial charge in [-0.2, -0.15) is 0 Å². The van der Waals surface area contributed by atoms with Crippen molar-refractivity contribution in [3.63, 3.8) is 0 Å². The van der Waals surface area contributed by atoms with Crippen LogP contribution in [0.1, 0.15) is 5.56 Å². The number of piperazine rings is 1. The van der Waals surface area contributed by atoms with Gasteiger partial charge in [-0.05, 0) is 47.8 Å². The predicted octanol–water partition coefficient (Wildman–Crippen LogP) is 5.86. The zero-order valence-corrected chi connectivity index (χ0v) is 19.3. The van der Waals surface area contributed by atoms with Crippen molar-refractivity contribution in [2.24, 2.45) is 4.99 Å². The maximum absolute atomic E-state index is 6.25. The van der Waals surface area contributed by atoms with Crippen LogP contribution in [0.2, 0.25) is 5.02 Å². The molecular weight excluding hydrogens is 454 g/mol. The van der Waals surface area contributed by atoms with Crippen molar-refractivity contribution < 1.29 is 4.74 Å². The van der Waals surface area contributed by atoms with Gasteiger partial charge in [0.15, 0.2) is 5.75 Å². The van der Waals surface area contributed by atoms with Crippen LogP contribution in [0.3, 0.4) is 0 Å². The van der Waals surface area contributed by atoms with Gasteiger partial charge in [0.1, 0.15) is 17.3 Å². The minimum atomic E-state index is 0.638. The number of hydrogen-bond donors (Lipinski definition) is 0. The second-order valence-electron chi connectivity index (χ2n) is 7.84. The summed E-state index contributed by atoms with van der Waals surface area (Å²) in [7, 11) is 0. The van der Waals surface area contributed by atoms with Crippen LogP contribution in [0.25, 0.3) is 10.6 Å². The first-order valence-corrected chi connectivity index (χ1v) is 12.0. The molecule has 6 rings (SSSR count). The number of hydrogen-bond acceptors (Lipinski definition) is 7. The largest absolute Gasteiger partial charge is 0.454 e. The summed E-state index contributed by atoms with van der Waals surface area (Å²) in [6.07, 6.45) is 1.84. The fraction of sp³-hybridized carbons (Fsp3) is 0.160. The van der Waals surface area contributed by atoms with Crippen molar-refractivity contribution in [2.75, 3.05) is 31.1 Å². The second-order valence-corrected chi connectivity index (χ2v) is 9.22. The van der Waals surface area contributed by atoms with Crippen molar-refractivity contribution >= 4 is 40.4 Å². The SMILES string of the molecule is Clc1ccc2c(c1)N=C(N1CCN(c3nccc(-c4cccs4)n3)CC1)c1ccccc1O2. The fourth-order valence-corrected chi connectivity index (χ4v) is 4.98. The molecular formula is C25H20ClN5OS. The van der Waals surface area contributed by atoms with E-state index in [1.54, 1.807) is 11.3 Å². The third kappa shape index (κ3) is 3.94. The standard InChI is InChI=1S/C25H20ClN5OS/c26-17-7-8-22-20(16-17)28-24(18-4-1-2-5-21(18)32-22)30-11-13-31(14-12-30)25-27-10-9-19(29-25)23-6-3-15-33-23/h1-10,15-16H,11-14H2. The van der Waals surface area contributed by atoms with E-state index in [-0.39, 0.29) is 0 Å². The Labute approximate surface area is 200 Å². The van der Waals surface area contributed by atoms with Crippen LogP contribution in [0, 0.1) is 0 Å². The van der Waals surface area contributed by atoms with Gasteiger partial charge in [-0.15, -0.1) is 11.3 Å². The van der Waals surface area contributed by atoms with Crippen LogP contribution in [-0.2, 0) is 0 Å². The van der Waals surface area contributed by atoms with E-state index >= 15 is 0 Å². The Hall–Kier alpha value is -3.42. The molecule has 8 heteroatoms. The highest BCUT2D eigenvalue weighted by Crippen LogP contribution is 2.39. The van der Waals surface area contributed by atoms with E-state index in [1.807, 2.05) is 54.7 Å². The highest BCUT2D eigenvalue weighted by molar-refractivity contribution is 7.13. The number of nitrogens with zero attached hydrogens (tertiary/aromatic N) is 5. The van der Waals surface area contributed by atoms with Crippen LogP contribution in [0.15, 0.2) is 77.2 Å². The van der Waals surface area contributed by atoms with Crippen LogP contribution in [0.4, 0.5) is 11.6 Å². The van der Waals surface area contributed by atoms with Crippen LogP contribution < -0.4 is 9.64 Å². The number of ether oxygens (including phenoxy) is 1. The van der Waals surface area contributed by atoms with E-state index in [1.165, 1.54) is 0 Å². The van der Waals surface area contributed by atoms with Crippen LogP contribution in [-0.4, -0.2) is 46.9 Å². The van der Waals surface area contributed by atoms with E-state index in [0.717, 1.165) is 65.5 Å². The predicted molar refractivity (Wildman–Crippen MR) is 133 cm³/mol. The van der Waals surface area contributed by atoms with Crippen LogP contribution in [0.5, 0.6) is 11.5 Å². The molecule has 6 nitrogen and oxygen atoms in total. The van der Waals surface area contributed by atoms with Gasteiger partial charge in [-0.3, -0.25) is 0 Å². The molecule has 1 fully saturated rings. The number of rotatable bonds is 2. The van der Waals surface area contributed by atoms with E-state index in [4.69, 9.17) is 26.3 Å². The van der Waals surface area contributed by atoms with Crippen molar-refractivity contribution in [3.05, 3.63) is 82.8 Å². The van der Waals surface area contributed by atoms with Crippen molar-refractivity contribution in [3.8, 4) is 22.1 Å². The first-order chi connectivity index (χ1) is 16.2. The molecule has 0 saturated carbocycles. The van der Waals surface area contributed by atoms with Gasteiger partial charge < -0.3 is 14.5 Å². The number of para-hydroxylation sites is 1. The minimum Gasteiger partial charge on any atom is -0.454 e. The van der Waals surface area contributed by atoms with E-state index in [2.05, 4.69) is 32.3 Å². The summed E-state index contributed by atoms with van der Waals surface area (Å²) in [5.41, 5.74) is 2.68. The summed E-state index contributed by atoms with van der Waals surface area (Å²) in [5, 5.41) is 2.70. The van der Waals surface area contributed by atoms with E-state index in [0.29, 0.717) is 10.8 Å². The van der Waals surface area contributed by atoms with Gasteiger partial charge in [-0.25, -0.2) is 15.0 Å². The number of thiophene rings is 1. The zero-order chi connectivity index (χ0) is 22.2. The van der Waals surface area contributed by atoms with Crippen molar-refractivity contribution in [2.45, 2.75) is 0 Å². The minimum absolute atomic E-state index is 0.638. The summed E-state index contributed by atoms with van der Waals surface area (Å²) in [4.78, 5) is 20.0. The van der Waals surface area contributed by atoms with Gasteiger partial charge in [0.05, 0.1) is 16.1 Å². The summed E-state index contributed by atoms with van der Waals surface area (Å²) < 4.78 is 6.19. The normalized spacial score (nSPS) is 15.2. The quantitative estimate of drug-likeness (QED) is 0.364. The molecule has 0 amide bonds. The molecule has 2 aromatic carbocycles. The third-order valence-electron chi connectivity index (χ3n) is 5.77. The maximum Gasteiger partial charge on any atom is 0.226 e. The Morgan fingerprint density at radius 3 is 2.58 bits per heavy atom. The fourth-order valence-electron chi connectivity index (χ4n) is 4.12. The molecule has 0 unspecified atom stereocenters. The molecule has 4 aromatic rings. The summed E-state index contributed by atoms with van der Waals surface area (Å²) in [6, 6.07) is 19.7. The highest BCUT2D eigenvalue weighted by Gasteiger charge is 2.26. The van der Waals surface area contributed by atoms with Crippen molar-refractivity contribution in [1.82, 2.24) is 14.9 Å². The topological polar surface area (TPSA) is 53.9 Å². The Bertz CT molecular complexity index is 1330. The summed E-state index contributed by atoms with van der Waals surface area (Å²) in [6.45, 7) is 3.21. The molecule has 33 heavy (non-hydrogen) atoms. The second kappa shape index (κ2) is 8.50. The number of fused-ring (bicyclic) bond motifs is 2. The Kier molecular flexibility index (Phi) is 5.20. The summed E-state index contributed by atoms with van der Waals surface area (Å²) in [5.74, 6) is 3.18. The molecule has 0 radical (unpaired) electrons. The lowest BCUT2D eigenvalue weighted by atomic mass is 10.1. The van der Waals surface area contributed by atoms with Crippen molar-refractivity contribution in [1.29, 1.82) is 0 Å². The average Bonchev–Trinajstić information content (AvgIpc) is 3.35. The monoisotopic (exact) mass is 473 g/mol. The lowest BCUT2D eigenvalue weighted by Crippen LogP contribution is -2.49. The molecule has 0 atom stereocenters. The van der Waals surface area contributed by atoms with Gasteiger partial charge in [0.25, 0.3) is 0 Å². The maximum atomic E-state index is 6.25. The zero-order valence-electron chi connectivity index (χ0n) is 17.7. The van der Waals surface area contributed by atoms with Gasteiger partial charge >= 0.3 is 0 Å². The third-order valence-corrected chi connectivity index (χ3v) is 6.90. The molecule has 0 aliphatic carbocycles. The van der Waals surface area contributed by atoms with E-state index in [9.17, 15) is 0 Å². The van der Waals surface area contributed by atoms with E-state index < -0.39 is 0 Å². The molecule has 0 N–H and O–H groups in total. The number of aliphatic imine (C=N–C) groups is 1. The lowest BCUT2D eigenvalue weighted by Gasteiger charge is -2.36. The highest BCUT2D eigenvalue weighted by atomic mass is 35.5. The molecule has 2 aromatic heterocycles. The lowest BCUT2D eigenvalue weighted by molar-refractivity contribution is 0.383. The molecule has 2 aliphatic heterocycles. The Balaban J connectivity index is 1.28. The molecule has 0 bridgehead atoms. The van der Waals surface area contributed by atoms with Gasteiger partial charge in [0, 0.05) is 37.4 Å². The number of anilines is 1. The molecule has 4 heterocycles. The average molecular weight is 474 g/mol.